The summed E-state index contributed by atoms with van der Waals surface area (Å²) in [6.07, 6.45) is 8.00. The molecule has 104 valence electrons. The lowest BCUT2D eigenvalue weighted by atomic mass is 9.87. The van der Waals surface area contributed by atoms with E-state index in [2.05, 4.69) is 54.6 Å². The number of carbonyl (C=O) groups is 1. The van der Waals surface area contributed by atoms with Gasteiger partial charge in [0.1, 0.15) is 0 Å². The first-order valence-electron chi connectivity index (χ1n) is 7.31. The van der Waals surface area contributed by atoms with Gasteiger partial charge in [0.05, 0.1) is 0 Å². The number of carbonyl (C=O) groups excluding carboxylic acids is 1. The standard InChI is InChI=1S/C20H18O/c1-15(21)9-10-16-11-13-18(14-12-16)20-8-4-6-17-5-2-3-7-19(17)20/h2-3,5,7-14H,4,6H2,1H3/b10-9+. The van der Waals surface area contributed by atoms with Gasteiger partial charge in [-0.3, -0.25) is 4.79 Å². The fourth-order valence-corrected chi connectivity index (χ4v) is 2.74. The van der Waals surface area contributed by atoms with E-state index in [1.54, 1.807) is 13.0 Å². The molecule has 0 radical (unpaired) electrons. The van der Waals surface area contributed by atoms with Gasteiger partial charge in [-0.05, 0) is 53.7 Å². The summed E-state index contributed by atoms with van der Waals surface area (Å²) in [7, 11) is 0. The lowest BCUT2D eigenvalue weighted by Gasteiger charge is -2.18. The summed E-state index contributed by atoms with van der Waals surface area (Å²) in [6, 6.07) is 17.0. The van der Waals surface area contributed by atoms with E-state index in [1.165, 1.54) is 22.3 Å². The maximum atomic E-state index is 11.0. The van der Waals surface area contributed by atoms with Gasteiger partial charge in [-0.2, -0.15) is 0 Å². The van der Waals surface area contributed by atoms with Gasteiger partial charge >= 0.3 is 0 Å². The first-order valence-corrected chi connectivity index (χ1v) is 7.31. The van der Waals surface area contributed by atoms with E-state index in [9.17, 15) is 4.79 Å². The number of ketones is 1. The van der Waals surface area contributed by atoms with Crippen LogP contribution in [0.25, 0.3) is 11.6 Å². The smallest absolute Gasteiger partial charge is 0.152 e. The van der Waals surface area contributed by atoms with Gasteiger partial charge in [0.25, 0.3) is 0 Å². The Labute approximate surface area is 125 Å². The number of rotatable bonds is 3. The van der Waals surface area contributed by atoms with Gasteiger partial charge in [-0.1, -0.05) is 60.7 Å². The quantitative estimate of drug-likeness (QED) is 0.743. The fourth-order valence-electron chi connectivity index (χ4n) is 2.74. The number of benzene rings is 2. The third-order valence-corrected chi connectivity index (χ3v) is 3.80. The van der Waals surface area contributed by atoms with Crippen molar-refractivity contribution in [2.75, 3.05) is 0 Å². The number of allylic oxidation sites excluding steroid dienone is 2. The Morgan fingerprint density at radius 2 is 1.81 bits per heavy atom. The average molecular weight is 274 g/mol. The Morgan fingerprint density at radius 3 is 2.57 bits per heavy atom. The molecule has 0 atom stereocenters. The molecule has 1 heteroatoms. The first-order chi connectivity index (χ1) is 10.2. The Balaban J connectivity index is 1.91. The summed E-state index contributed by atoms with van der Waals surface area (Å²) in [6.45, 7) is 1.56. The van der Waals surface area contributed by atoms with Crippen LogP contribution in [-0.2, 0) is 11.2 Å². The van der Waals surface area contributed by atoms with Gasteiger partial charge in [0.15, 0.2) is 5.78 Å². The van der Waals surface area contributed by atoms with Gasteiger partial charge < -0.3 is 0 Å². The third kappa shape index (κ3) is 3.03. The molecule has 1 aliphatic rings. The van der Waals surface area contributed by atoms with Crippen LogP contribution >= 0.6 is 0 Å². The van der Waals surface area contributed by atoms with E-state index in [1.807, 2.05) is 6.08 Å². The van der Waals surface area contributed by atoms with Crippen LogP contribution in [0.1, 0.15) is 35.6 Å². The van der Waals surface area contributed by atoms with E-state index in [4.69, 9.17) is 0 Å². The molecule has 0 aliphatic heterocycles. The molecule has 3 rings (SSSR count). The fraction of sp³-hybridized carbons (Fsp3) is 0.150. The second kappa shape index (κ2) is 5.92. The first kappa shape index (κ1) is 13.6. The van der Waals surface area contributed by atoms with Crippen LogP contribution < -0.4 is 0 Å². The monoisotopic (exact) mass is 274 g/mol. The van der Waals surface area contributed by atoms with Crippen molar-refractivity contribution in [3.8, 4) is 0 Å². The SMILES string of the molecule is CC(=O)/C=C/c1ccc(C2=CCCc3ccccc32)cc1. The molecule has 2 aromatic carbocycles. The van der Waals surface area contributed by atoms with Crippen molar-refractivity contribution in [1.29, 1.82) is 0 Å². The molecule has 0 spiro atoms. The van der Waals surface area contributed by atoms with Crippen molar-refractivity contribution >= 4 is 17.4 Å². The predicted octanol–water partition coefficient (Wildman–Crippen LogP) is 4.67. The van der Waals surface area contributed by atoms with Crippen LogP contribution in [-0.4, -0.2) is 5.78 Å². The van der Waals surface area contributed by atoms with Crippen LogP contribution in [0.5, 0.6) is 0 Å². The van der Waals surface area contributed by atoms with E-state index < -0.39 is 0 Å². The van der Waals surface area contributed by atoms with Crippen LogP contribution in [0.2, 0.25) is 0 Å². The zero-order valence-electron chi connectivity index (χ0n) is 12.2. The normalized spacial score (nSPS) is 13.9. The molecule has 0 fully saturated rings. The molecule has 0 saturated carbocycles. The minimum atomic E-state index is 0.0722. The molecular formula is C20H18O. The summed E-state index contributed by atoms with van der Waals surface area (Å²) in [4.78, 5) is 11.0. The van der Waals surface area contributed by atoms with Crippen LogP contribution in [0.3, 0.4) is 0 Å². The molecule has 0 bridgehead atoms. The Bertz CT molecular complexity index is 718. The molecule has 0 unspecified atom stereocenters. The van der Waals surface area contributed by atoms with Gasteiger partial charge in [-0.25, -0.2) is 0 Å². The minimum absolute atomic E-state index is 0.0722. The van der Waals surface area contributed by atoms with Crippen molar-refractivity contribution in [1.82, 2.24) is 0 Å². The maximum absolute atomic E-state index is 11.0. The van der Waals surface area contributed by atoms with Crippen molar-refractivity contribution in [3.63, 3.8) is 0 Å². The van der Waals surface area contributed by atoms with E-state index in [0.717, 1.165) is 18.4 Å². The van der Waals surface area contributed by atoms with Crippen LogP contribution in [0, 0.1) is 0 Å². The number of fused-ring (bicyclic) bond motifs is 1. The molecule has 1 nitrogen and oxygen atoms in total. The molecule has 21 heavy (non-hydrogen) atoms. The van der Waals surface area contributed by atoms with E-state index in [0.29, 0.717) is 0 Å². The highest BCUT2D eigenvalue weighted by atomic mass is 16.1. The van der Waals surface area contributed by atoms with Gasteiger partial charge in [0.2, 0.25) is 0 Å². The predicted molar refractivity (Wildman–Crippen MR) is 88.0 cm³/mol. The van der Waals surface area contributed by atoms with Crippen LogP contribution in [0.15, 0.2) is 60.7 Å². The van der Waals surface area contributed by atoms with Crippen molar-refractivity contribution < 1.29 is 4.79 Å². The highest BCUT2D eigenvalue weighted by Gasteiger charge is 2.12. The lowest BCUT2D eigenvalue weighted by molar-refractivity contribution is -0.112. The lowest BCUT2D eigenvalue weighted by Crippen LogP contribution is -2.00. The maximum Gasteiger partial charge on any atom is 0.152 e. The third-order valence-electron chi connectivity index (χ3n) is 3.80. The number of hydrogen-bond acceptors (Lipinski definition) is 1. The zero-order valence-corrected chi connectivity index (χ0v) is 12.2. The zero-order chi connectivity index (χ0) is 14.7. The molecule has 0 heterocycles. The number of aryl methyl sites for hydroxylation is 1. The highest BCUT2D eigenvalue weighted by Crippen LogP contribution is 2.31. The Morgan fingerprint density at radius 1 is 1.05 bits per heavy atom. The van der Waals surface area contributed by atoms with E-state index in [-0.39, 0.29) is 5.78 Å². The van der Waals surface area contributed by atoms with Gasteiger partial charge in [-0.15, -0.1) is 0 Å². The molecule has 1 aliphatic carbocycles. The van der Waals surface area contributed by atoms with Gasteiger partial charge in [0, 0.05) is 0 Å². The van der Waals surface area contributed by atoms with Crippen molar-refractivity contribution in [2.24, 2.45) is 0 Å². The summed E-state index contributed by atoms with van der Waals surface area (Å²) in [5, 5.41) is 0. The molecule has 0 N–H and O–H groups in total. The summed E-state index contributed by atoms with van der Waals surface area (Å²) in [5.74, 6) is 0.0722. The summed E-state index contributed by atoms with van der Waals surface area (Å²) >= 11 is 0. The van der Waals surface area contributed by atoms with E-state index >= 15 is 0 Å². The Kier molecular flexibility index (Phi) is 3.83. The molecule has 0 aromatic heterocycles. The number of hydrogen-bond donors (Lipinski definition) is 0. The van der Waals surface area contributed by atoms with Crippen molar-refractivity contribution in [2.45, 2.75) is 19.8 Å². The van der Waals surface area contributed by atoms with Crippen LogP contribution in [0.4, 0.5) is 0 Å². The Hall–Kier alpha value is -2.41. The molecular weight excluding hydrogens is 256 g/mol. The van der Waals surface area contributed by atoms with Crippen molar-refractivity contribution in [3.05, 3.63) is 82.9 Å². The topological polar surface area (TPSA) is 17.1 Å². The average Bonchev–Trinajstić information content (AvgIpc) is 2.53. The molecule has 0 amide bonds. The second-order valence-electron chi connectivity index (χ2n) is 5.38. The highest BCUT2D eigenvalue weighted by molar-refractivity contribution is 5.91. The molecule has 2 aromatic rings. The molecule has 0 saturated heterocycles. The minimum Gasteiger partial charge on any atom is -0.295 e. The summed E-state index contributed by atoms with van der Waals surface area (Å²) in [5.41, 5.74) is 6.38. The summed E-state index contributed by atoms with van der Waals surface area (Å²) < 4.78 is 0. The largest absolute Gasteiger partial charge is 0.295 e. The second-order valence-corrected chi connectivity index (χ2v) is 5.38.